The van der Waals surface area contributed by atoms with Crippen LogP contribution in [0, 0.1) is 0 Å². The molecule has 0 saturated heterocycles. The Morgan fingerprint density at radius 3 is 2.45 bits per heavy atom. The molecule has 0 aliphatic carbocycles. The second-order valence-corrected chi connectivity index (χ2v) is 3.87. The summed E-state index contributed by atoms with van der Waals surface area (Å²) in [4.78, 5) is 33.6. The Morgan fingerprint density at radius 2 is 1.90 bits per heavy atom. The van der Waals surface area contributed by atoms with Crippen LogP contribution in [0.1, 0.15) is 15.9 Å². The zero-order chi connectivity index (χ0) is 14.2. The Balaban J connectivity index is 0.00000200. The Labute approximate surface area is 118 Å². The lowest BCUT2D eigenvalue weighted by Crippen LogP contribution is -2.19. The number of halogens is 1. The molecule has 0 radical (unpaired) electrons. The van der Waals surface area contributed by atoms with Crippen LogP contribution in [0.4, 0.5) is 5.69 Å². The van der Waals surface area contributed by atoms with Gasteiger partial charge in [0.15, 0.2) is 0 Å². The number of anilines is 1. The molecule has 1 heterocycles. The molecule has 20 heavy (non-hydrogen) atoms. The molecule has 0 bridgehead atoms. The van der Waals surface area contributed by atoms with E-state index in [4.69, 9.17) is 20.4 Å². The molecule has 0 unspecified atom stereocenters. The van der Waals surface area contributed by atoms with Crippen LogP contribution in [0.3, 0.4) is 0 Å². The number of hydrogen-bond acceptors (Lipinski definition) is 5. The standard InChI is InChI=1S/C12H9NO6.ClH/c13-5-1-2-6-8(3-5)19-12(18)7(4-9(14)15)10(6)11(16)17;/h1-3H,4,13H2,(H,14,15)(H,16,17);1H. The van der Waals surface area contributed by atoms with E-state index >= 15 is 0 Å². The summed E-state index contributed by atoms with van der Waals surface area (Å²) in [5.41, 5.74) is 4.08. The predicted octanol–water partition coefficient (Wildman–Crippen LogP) is 1.12. The minimum absolute atomic E-state index is 0. The van der Waals surface area contributed by atoms with Gasteiger partial charge in [0, 0.05) is 17.1 Å². The molecule has 1 aromatic heterocycles. The number of carbonyl (C=O) groups is 2. The average molecular weight is 300 g/mol. The van der Waals surface area contributed by atoms with E-state index in [1.807, 2.05) is 0 Å². The molecule has 0 saturated carbocycles. The first-order valence-electron chi connectivity index (χ1n) is 5.20. The molecule has 0 amide bonds. The van der Waals surface area contributed by atoms with Gasteiger partial charge in [0.05, 0.1) is 17.5 Å². The van der Waals surface area contributed by atoms with Gasteiger partial charge in [0.1, 0.15) is 5.58 Å². The minimum Gasteiger partial charge on any atom is -0.481 e. The molecule has 0 aliphatic rings. The number of carboxylic acids is 2. The number of nitrogens with two attached hydrogens (primary N) is 1. The lowest BCUT2D eigenvalue weighted by molar-refractivity contribution is -0.136. The van der Waals surface area contributed by atoms with E-state index in [0.29, 0.717) is 5.69 Å². The highest BCUT2D eigenvalue weighted by Gasteiger charge is 2.22. The normalized spacial score (nSPS) is 10.0. The molecular weight excluding hydrogens is 290 g/mol. The van der Waals surface area contributed by atoms with E-state index in [0.717, 1.165) is 0 Å². The van der Waals surface area contributed by atoms with Crippen LogP contribution in [0.2, 0.25) is 0 Å². The summed E-state index contributed by atoms with van der Waals surface area (Å²) in [7, 11) is 0. The lowest BCUT2D eigenvalue weighted by Gasteiger charge is -2.06. The molecule has 1 aromatic carbocycles. The number of aromatic carboxylic acids is 1. The van der Waals surface area contributed by atoms with Crippen LogP contribution in [-0.4, -0.2) is 22.2 Å². The third kappa shape index (κ3) is 2.72. The average Bonchev–Trinajstić information content (AvgIpc) is 2.29. The summed E-state index contributed by atoms with van der Waals surface area (Å²) in [5, 5.41) is 18.0. The van der Waals surface area contributed by atoms with Crippen molar-refractivity contribution in [3.05, 3.63) is 39.7 Å². The van der Waals surface area contributed by atoms with E-state index in [1.165, 1.54) is 18.2 Å². The van der Waals surface area contributed by atoms with Crippen molar-refractivity contribution in [2.24, 2.45) is 0 Å². The highest BCUT2D eigenvalue weighted by atomic mass is 35.5. The number of hydrogen-bond donors (Lipinski definition) is 3. The van der Waals surface area contributed by atoms with Crippen molar-refractivity contribution in [2.45, 2.75) is 6.42 Å². The first-order valence-corrected chi connectivity index (χ1v) is 5.20. The Bertz CT molecular complexity index is 751. The maximum Gasteiger partial charge on any atom is 0.340 e. The van der Waals surface area contributed by atoms with Gasteiger partial charge in [-0.05, 0) is 12.1 Å². The molecule has 2 aromatic rings. The van der Waals surface area contributed by atoms with Gasteiger partial charge in [-0.25, -0.2) is 9.59 Å². The fourth-order valence-corrected chi connectivity index (χ4v) is 1.81. The van der Waals surface area contributed by atoms with Gasteiger partial charge in [0.25, 0.3) is 0 Å². The highest BCUT2D eigenvalue weighted by Crippen LogP contribution is 2.22. The Hall–Kier alpha value is -2.54. The molecule has 0 fully saturated rings. The largest absolute Gasteiger partial charge is 0.481 e. The van der Waals surface area contributed by atoms with Crippen molar-refractivity contribution in [1.29, 1.82) is 0 Å². The van der Waals surface area contributed by atoms with E-state index in [9.17, 15) is 14.4 Å². The van der Waals surface area contributed by atoms with Crippen molar-refractivity contribution < 1.29 is 24.2 Å². The molecule has 8 heteroatoms. The fraction of sp³-hybridized carbons (Fsp3) is 0.0833. The fourth-order valence-electron chi connectivity index (χ4n) is 1.81. The molecule has 0 spiro atoms. The van der Waals surface area contributed by atoms with Crippen molar-refractivity contribution in [3.63, 3.8) is 0 Å². The topological polar surface area (TPSA) is 131 Å². The predicted molar refractivity (Wildman–Crippen MR) is 72.4 cm³/mol. The lowest BCUT2D eigenvalue weighted by atomic mass is 10.0. The molecule has 4 N–H and O–H groups in total. The number of nitrogen functional groups attached to an aromatic ring is 1. The zero-order valence-electron chi connectivity index (χ0n) is 9.95. The van der Waals surface area contributed by atoms with Gasteiger partial charge in [0.2, 0.25) is 0 Å². The van der Waals surface area contributed by atoms with Crippen molar-refractivity contribution >= 4 is 41.0 Å². The van der Waals surface area contributed by atoms with Crippen LogP contribution in [0.5, 0.6) is 0 Å². The molecule has 0 atom stereocenters. The van der Waals surface area contributed by atoms with Crippen LogP contribution in [0.25, 0.3) is 11.0 Å². The smallest absolute Gasteiger partial charge is 0.340 e. The second-order valence-electron chi connectivity index (χ2n) is 3.87. The maximum absolute atomic E-state index is 11.7. The van der Waals surface area contributed by atoms with Gasteiger partial charge in [-0.2, -0.15) is 0 Å². The Kier molecular flexibility index (Phi) is 4.36. The molecular formula is C12H10ClNO6. The zero-order valence-corrected chi connectivity index (χ0v) is 10.8. The van der Waals surface area contributed by atoms with Crippen LogP contribution in [0.15, 0.2) is 27.4 Å². The van der Waals surface area contributed by atoms with Crippen molar-refractivity contribution in [1.82, 2.24) is 0 Å². The maximum atomic E-state index is 11.7. The van der Waals surface area contributed by atoms with Gasteiger partial charge in [-0.15, -0.1) is 12.4 Å². The third-order valence-electron chi connectivity index (χ3n) is 2.57. The molecule has 106 valence electrons. The highest BCUT2D eigenvalue weighted by molar-refractivity contribution is 6.04. The summed E-state index contributed by atoms with van der Waals surface area (Å²) in [5.74, 6) is -2.71. The first-order chi connectivity index (χ1) is 8.90. The number of carboxylic acid groups (broad SMARTS) is 2. The summed E-state index contributed by atoms with van der Waals surface area (Å²) < 4.78 is 4.90. The molecule has 0 aliphatic heterocycles. The van der Waals surface area contributed by atoms with Crippen molar-refractivity contribution in [3.8, 4) is 0 Å². The van der Waals surface area contributed by atoms with Gasteiger partial charge < -0.3 is 20.4 Å². The second kappa shape index (κ2) is 5.62. The number of benzene rings is 1. The minimum atomic E-state index is -1.39. The van der Waals surface area contributed by atoms with Crippen molar-refractivity contribution in [2.75, 3.05) is 5.73 Å². The van der Waals surface area contributed by atoms with Gasteiger partial charge in [-0.1, -0.05) is 0 Å². The van der Waals surface area contributed by atoms with E-state index < -0.39 is 29.5 Å². The summed E-state index contributed by atoms with van der Waals surface area (Å²) >= 11 is 0. The van der Waals surface area contributed by atoms with Gasteiger partial charge in [-0.3, -0.25) is 4.79 Å². The SMILES string of the molecule is Cl.Nc1ccc2c(C(=O)O)c(CC(=O)O)c(=O)oc2c1. The number of rotatable bonds is 3. The van der Waals surface area contributed by atoms with Gasteiger partial charge >= 0.3 is 17.6 Å². The third-order valence-corrected chi connectivity index (χ3v) is 2.57. The van der Waals surface area contributed by atoms with E-state index in [-0.39, 0.29) is 28.9 Å². The number of fused-ring (bicyclic) bond motifs is 1. The van der Waals surface area contributed by atoms with Crippen LogP contribution >= 0.6 is 12.4 Å². The number of aliphatic carboxylic acids is 1. The van der Waals surface area contributed by atoms with Crippen LogP contribution in [-0.2, 0) is 11.2 Å². The van der Waals surface area contributed by atoms with Crippen LogP contribution < -0.4 is 11.4 Å². The summed E-state index contributed by atoms with van der Waals surface area (Å²) in [6.07, 6.45) is -0.718. The molecule has 2 rings (SSSR count). The summed E-state index contributed by atoms with van der Waals surface area (Å²) in [6, 6.07) is 4.13. The summed E-state index contributed by atoms with van der Waals surface area (Å²) in [6.45, 7) is 0. The molecule has 7 nitrogen and oxygen atoms in total. The monoisotopic (exact) mass is 299 g/mol. The first kappa shape index (κ1) is 15.5. The quantitative estimate of drug-likeness (QED) is 0.571. The Morgan fingerprint density at radius 1 is 1.25 bits per heavy atom. The van der Waals surface area contributed by atoms with E-state index in [1.54, 1.807) is 0 Å². The van der Waals surface area contributed by atoms with E-state index in [2.05, 4.69) is 0 Å².